The highest BCUT2D eigenvalue weighted by molar-refractivity contribution is 4.88. The van der Waals surface area contributed by atoms with Gasteiger partial charge < -0.3 is 10.6 Å². The Labute approximate surface area is 102 Å². The van der Waals surface area contributed by atoms with Crippen LogP contribution in [0.3, 0.4) is 0 Å². The van der Waals surface area contributed by atoms with E-state index in [4.69, 9.17) is 5.73 Å². The van der Waals surface area contributed by atoms with Crippen molar-refractivity contribution in [2.45, 2.75) is 65.0 Å². The van der Waals surface area contributed by atoms with Gasteiger partial charge >= 0.3 is 0 Å². The zero-order valence-corrected chi connectivity index (χ0v) is 11.6. The van der Waals surface area contributed by atoms with Gasteiger partial charge in [0.05, 0.1) is 0 Å². The second-order valence-corrected chi connectivity index (χ2v) is 5.77. The highest BCUT2D eigenvalue weighted by atomic mass is 15.1. The van der Waals surface area contributed by atoms with Gasteiger partial charge in [0, 0.05) is 18.6 Å². The number of nitrogens with two attached hydrogens (primary N) is 1. The summed E-state index contributed by atoms with van der Waals surface area (Å²) in [6.45, 7) is 8.12. The molecule has 1 saturated carbocycles. The third-order valence-electron chi connectivity index (χ3n) is 4.42. The maximum Gasteiger partial charge on any atom is 0.0246 e. The van der Waals surface area contributed by atoms with Crippen molar-refractivity contribution < 1.29 is 0 Å². The number of likely N-dealkylation sites (N-methyl/N-ethyl adjacent to an activating group) is 1. The summed E-state index contributed by atoms with van der Waals surface area (Å²) in [6, 6.07) is 1.02. The van der Waals surface area contributed by atoms with Gasteiger partial charge in [-0.25, -0.2) is 0 Å². The van der Waals surface area contributed by atoms with E-state index in [0.29, 0.717) is 12.1 Å². The van der Waals surface area contributed by atoms with Crippen molar-refractivity contribution in [1.29, 1.82) is 0 Å². The van der Waals surface area contributed by atoms with Crippen LogP contribution in [0.25, 0.3) is 0 Å². The molecule has 0 heterocycles. The molecule has 4 unspecified atom stereocenters. The fourth-order valence-electron chi connectivity index (χ4n) is 2.89. The number of hydrogen-bond acceptors (Lipinski definition) is 2. The van der Waals surface area contributed by atoms with Gasteiger partial charge in [-0.2, -0.15) is 0 Å². The molecule has 2 heteroatoms. The van der Waals surface area contributed by atoms with Crippen LogP contribution >= 0.6 is 0 Å². The highest BCUT2D eigenvalue weighted by Gasteiger charge is 2.30. The van der Waals surface area contributed by atoms with Gasteiger partial charge in [0.1, 0.15) is 0 Å². The molecule has 0 amide bonds. The fourth-order valence-corrected chi connectivity index (χ4v) is 2.89. The van der Waals surface area contributed by atoms with E-state index >= 15 is 0 Å². The zero-order chi connectivity index (χ0) is 12.1. The molecule has 2 nitrogen and oxygen atoms in total. The van der Waals surface area contributed by atoms with Crippen molar-refractivity contribution in [3.8, 4) is 0 Å². The molecule has 0 spiro atoms. The minimum absolute atomic E-state index is 0.400. The molecule has 1 fully saturated rings. The van der Waals surface area contributed by atoms with Crippen LogP contribution in [-0.2, 0) is 0 Å². The van der Waals surface area contributed by atoms with Gasteiger partial charge in [0.15, 0.2) is 0 Å². The number of hydrogen-bond donors (Lipinski definition) is 1. The smallest absolute Gasteiger partial charge is 0.0246 e. The molecule has 0 aliphatic heterocycles. The van der Waals surface area contributed by atoms with Gasteiger partial charge in [-0.05, 0) is 38.1 Å². The molecule has 0 aromatic rings. The first-order valence-corrected chi connectivity index (χ1v) is 7.04. The molecule has 1 rings (SSSR count). The van der Waals surface area contributed by atoms with E-state index in [0.717, 1.165) is 11.8 Å². The zero-order valence-electron chi connectivity index (χ0n) is 11.6. The lowest BCUT2D eigenvalue weighted by Crippen LogP contribution is -2.50. The Morgan fingerprint density at radius 2 is 2.00 bits per heavy atom. The molecule has 96 valence electrons. The van der Waals surface area contributed by atoms with Crippen LogP contribution in [0.4, 0.5) is 0 Å². The summed E-state index contributed by atoms with van der Waals surface area (Å²) in [5.41, 5.74) is 6.27. The molecular weight excluding hydrogens is 196 g/mol. The molecule has 1 aliphatic carbocycles. The van der Waals surface area contributed by atoms with E-state index in [1.165, 1.54) is 38.6 Å². The Morgan fingerprint density at radius 1 is 1.31 bits per heavy atom. The van der Waals surface area contributed by atoms with Gasteiger partial charge in [0.25, 0.3) is 0 Å². The maximum atomic E-state index is 6.27. The predicted molar refractivity (Wildman–Crippen MR) is 71.5 cm³/mol. The number of nitrogens with zero attached hydrogens (tertiary/aromatic N) is 1. The van der Waals surface area contributed by atoms with Crippen molar-refractivity contribution in [3.05, 3.63) is 0 Å². The summed E-state index contributed by atoms with van der Waals surface area (Å²) in [7, 11) is 2.26. The average molecular weight is 226 g/mol. The van der Waals surface area contributed by atoms with Gasteiger partial charge in [-0.15, -0.1) is 0 Å². The average Bonchev–Trinajstić information content (AvgIpc) is 2.29. The first kappa shape index (κ1) is 14.0. The molecule has 0 aromatic heterocycles. The van der Waals surface area contributed by atoms with Crippen molar-refractivity contribution in [1.82, 2.24) is 4.90 Å². The van der Waals surface area contributed by atoms with Gasteiger partial charge in [-0.1, -0.05) is 33.6 Å². The molecule has 0 saturated heterocycles. The Balaban J connectivity index is 2.48. The van der Waals surface area contributed by atoms with Gasteiger partial charge in [-0.3, -0.25) is 0 Å². The standard InChI is InChI=1S/C14H30N2/c1-5-11(3)10-16(4)14-9-12(6-2)7-8-13(14)15/h11-14H,5-10,15H2,1-4H3. The Bertz CT molecular complexity index is 193. The van der Waals surface area contributed by atoms with E-state index in [-0.39, 0.29) is 0 Å². The molecule has 16 heavy (non-hydrogen) atoms. The largest absolute Gasteiger partial charge is 0.326 e. The van der Waals surface area contributed by atoms with Crippen LogP contribution in [0.15, 0.2) is 0 Å². The molecule has 0 bridgehead atoms. The van der Waals surface area contributed by atoms with Crippen LogP contribution in [-0.4, -0.2) is 30.6 Å². The second-order valence-electron chi connectivity index (χ2n) is 5.77. The lowest BCUT2D eigenvalue weighted by Gasteiger charge is -2.40. The minimum Gasteiger partial charge on any atom is -0.326 e. The normalized spacial score (nSPS) is 33.0. The third-order valence-corrected chi connectivity index (χ3v) is 4.42. The summed E-state index contributed by atoms with van der Waals surface area (Å²) in [5.74, 6) is 1.70. The molecule has 4 atom stereocenters. The topological polar surface area (TPSA) is 29.3 Å². The molecule has 0 radical (unpaired) electrons. The van der Waals surface area contributed by atoms with E-state index < -0.39 is 0 Å². The maximum absolute atomic E-state index is 6.27. The molecule has 1 aliphatic rings. The SMILES string of the molecule is CCC(C)CN(C)C1CC(CC)CCC1N. The summed E-state index contributed by atoms with van der Waals surface area (Å²) >= 11 is 0. The Kier molecular flexibility index (Phi) is 5.77. The second kappa shape index (κ2) is 6.61. The minimum atomic E-state index is 0.400. The Morgan fingerprint density at radius 3 is 2.56 bits per heavy atom. The quantitative estimate of drug-likeness (QED) is 0.781. The summed E-state index contributed by atoms with van der Waals surface area (Å²) in [4.78, 5) is 2.51. The van der Waals surface area contributed by atoms with E-state index in [1.807, 2.05) is 0 Å². The lowest BCUT2D eigenvalue weighted by atomic mass is 9.80. The van der Waals surface area contributed by atoms with Crippen LogP contribution in [0, 0.1) is 11.8 Å². The van der Waals surface area contributed by atoms with Crippen molar-refractivity contribution in [3.63, 3.8) is 0 Å². The van der Waals surface area contributed by atoms with Gasteiger partial charge in [0.2, 0.25) is 0 Å². The predicted octanol–water partition coefficient (Wildman–Crippen LogP) is 2.87. The number of rotatable bonds is 5. The Hall–Kier alpha value is -0.0800. The van der Waals surface area contributed by atoms with Crippen LogP contribution in [0.1, 0.15) is 52.9 Å². The van der Waals surface area contributed by atoms with E-state index in [2.05, 4.69) is 32.7 Å². The van der Waals surface area contributed by atoms with Crippen LogP contribution < -0.4 is 5.73 Å². The first-order valence-electron chi connectivity index (χ1n) is 7.04. The van der Waals surface area contributed by atoms with Crippen LogP contribution in [0.5, 0.6) is 0 Å². The van der Waals surface area contributed by atoms with Crippen molar-refractivity contribution in [2.24, 2.45) is 17.6 Å². The summed E-state index contributed by atoms with van der Waals surface area (Å²) in [5, 5.41) is 0. The molecular formula is C14H30N2. The third kappa shape index (κ3) is 3.74. The monoisotopic (exact) mass is 226 g/mol. The molecule has 2 N–H and O–H groups in total. The van der Waals surface area contributed by atoms with Crippen LogP contribution in [0.2, 0.25) is 0 Å². The first-order chi connectivity index (χ1) is 7.58. The molecule has 0 aromatic carbocycles. The van der Waals surface area contributed by atoms with E-state index in [1.54, 1.807) is 0 Å². The van der Waals surface area contributed by atoms with Crippen molar-refractivity contribution >= 4 is 0 Å². The summed E-state index contributed by atoms with van der Waals surface area (Å²) in [6.07, 6.45) is 6.45. The highest BCUT2D eigenvalue weighted by Crippen LogP contribution is 2.29. The summed E-state index contributed by atoms with van der Waals surface area (Å²) < 4.78 is 0. The van der Waals surface area contributed by atoms with Crippen molar-refractivity contribution in [2.75, 3.05) is 13.6 Å². The lowest BCUT2D eigenvalue weighted by molar-refractivity contribution is 0.121. The van der Waals surface area contributed by atoms with E-state index in [9.17, 15) is 0 Å². The fraction of sp³-hybridized carbons (Fsp3) is 1.00.